The number of carbonyl (C=O) groups is 11. The number of rotatable bonds is 38. The number of carbonyl (C=O) groups excluding carboxylic acids is 11. The van der Waals surface area contributed by atoms with Crippen LogP contribution in [0.1, 0.15) is 158 Å². The number of methoxy groups -OCH3 is 2. The number of primary amides is 1. The third-order valence-corrected chi connectivity index (χ3v) is 18.3. The first-order chi connectivity index (χ1) is 44.8. The van der Waals surface area contributed by atoms with E-state index in [1.54, 1.807) is 109 Å². The van der Waals surface area contributed by atoms with E-state index in [1.165, 1.54) is 38.3 Å². The van der Waals surface area contributed by atoms with E-state index in [0.717, 1.165) is 4.90 Å². The summed E-state index contributed by atoms with van der Waals surface area (Å²) < 4.78 is 17.9. The minimum atomic E-state index is -1.11. The Hall–Kier alpha value is -7.97. The van der Waals surface area contributed by atoms with Gasteiger partial charge in [0.15, 0.2) is 0 Å². The molecule has 528 valence electrons. The lowest BCUT2D eigenvalue weighted by atomic mass is 9.82. The van der Waals surface area contributed by atoms with Crippen molar-refractivity contribution >= 4 is 71.0 Å². The van der Waals surface area contributed by atoms with Crippen LogP contribution in [0.25, 0.3) is 0 Å². The minimum absolute atomic E-state index is 0.0834. The summed E-state index contributed by atoms with van der Waals surface area (Å²) in [5.41, 5.74) is 5.87. The summed E-state index contributed by atoms with van der Waals surface area (Å²) >= 11 is 0. The van der Waals surface area contributed by atoms with Crippen LogP contribution < -0.4 is 37.6 Å². The van der Waals surface area contributed by atoms with Gasteiger partial charge in [0.25, 0.3) is 11.8 Å². The van der Waals surface area contributed by atoms with E-state index in [-0.39, 0.29) is 80.8 Å². The van der Waals surface area contributed by atoms with Gasteiger partial charge in [-0.2, -0.15) is 0 Å². The molecule has 1 saturated heterocycles. The summed E-state index contributed by atoms with van der Waals surface area (Å²) in [6.45, 7) is 20.5. The second kappa shape index (κ2) is 37.9. The molecule has 0 aliphatic carbocycles. The number of unbranched alkanes of at least 4 members (excludes halogenated alkanes) is 2. The van der Waals surface area contributed by atoms with Crippen LogP contribution in [0.15, 0.2) is 66.7 Å². The lowest BCUT2D eigenvalue weighted by Gasteiger charge is -2.44. The summed E-state index contributed by atoms with van der Waals surface area (Å²) in [5, 5.41) is 27.7. The number of ether oxygens (including phenoxy) is 3. The van der Waals surface area contributed by atoms with Gasteiger partial charge in [-0.3, -0.25) is 53.0 Å². The van der Waals surface area contributed by atoms with Crippen molar-refractivity contribution in [3.05, 3.63) is 77.9 Å². The monoisotopic (exact) mass is 1330 g/mol. The molecule has 2 heterocycles. The van der Waals surface area contributed by atoms with E-state index in [2.05, 4.69) is 31.9 Å². The molecule has 12 amide bonds. The standard InChI is InChI=1S/C69H107N11O15/c1-16-44(8)59(51(93-14)39-55(84)80-38-24-35-69(80,11)61(94-15)45(9)62(86)72-46(10)60(85)48-25-19-17-20-26-48)77(12)66(90)57(42(4)5)76-65(89)58(43(6)7)78(13)68(92)95-40-47-29-31-49(32-30-47)73-63(87)50(27-23-36-71-67(70)91)74-64(88)56(41(2)3)75-52(81)28-21-18-22-37-79-53(82)33-34-54(79)83/h17,19-20,25-26,29-34,41-46,50-51,56-61,85H,16,18,21-24,27-28,35-40H2,1-15H3,(H,72,86)(H,73,87)(H,74,88)(H,75,81)(H,76,89)(H3,70,71,91)/t44-,45+,46+,50-,51+,56-,57-,58-,59-,60+,61+,69-/m0/s1. The van der Waals surface area contributed by atoms with Crippen molar-refractivity contribution in [2.75, 3.05) is 53.3 Å². The Morgan fingerprint density at radius 3 is 1.92 bits per heavy atom. The second-order valence-corrected chi connectivity index (χ2v) is 26.4. The zero-order valence-electron chi connectivity index (χ0n) is 58.4. The molecule has 0 bridgehead atoms. The summed E-state index contributed by atoms with van der Waals surface area (Å²) in [4.78, 5) is 153. The summed E-state index contributed by atoms with van der Waals surface area (Å²) in [6, 6.07) is 9.15. The molecule has 12 atom stereocenters. The van der Waals surface area contributed by atoms with Crippen molar-refractivity contribution < 1.29 is 72.1 Å². The fraction of sp³-hybridized carbons (Fsp3) is 0.638. The third kappa shape index (κ3) is 22.6. The topological polar surface area (TPSA) is 347 Å². The van der Waals surface area contributed by atoms with E-state index in [0.29, 0.717) is 61.9 Å². The van der Waals surface area contributed by atoms with E-state index < -0.39 is 120 Å². The largest absolute Gasteiger partial charge is 0.445 e. The molecule has 0 saturated carbocycles. The normalized spacial score (nSPS) is 18.1. The molecule has 9 N–H and O–H groups in total. The summed E-state index contributed by atoms with van der Waals surface area (Å²) in [5.74, 6) is -6.10. The Bertz CT molecular complexity index is 2930. The number of aliphatic hydroxyl groups excluding tert-OH is 1. The van der Waals surface area contributed by atoms with Crippen LogP contribution in [0.4, 0.5) is 15.3 Å². The highest BCUT2D eigenvalue weighted by Crippen LogP contribution is 2.38. The molecule has 0 spiro atoms. The molecule has 2 aromatic carbocycles. The van der Waals surface area contributed by atoms with Crippen molar-refractivity contribution in [1.82, 2.24) is 46.2 Å². The molecule has 2 aliphatic heterocycles. The molecule has 1 fully saturated rings. The zero-order chi connectivity index (χ0) is 71.0. The maximum Gasteiger partial charge on any atom is 0.410 e. The van der Waals surface area contributed by atoms with Crippen LogP contribution in [0.3, 0.4) is 0 Å². The van der Waals surface area contributed by atoms with Gasteiger partial charge in [-0.1, -0.05) is 118 Å². The summed E-state index contributed by atoms with van der Waals surface area (Å²) in [6.07, 6.45) is 2.78. The van der Waals surface area contributed by atoms with Gasteiger partial charge in [-0.25, -0.2) is 9.59 Å². The van der Waals surface area contributed by atoms with Crippen LogP contribution in [0.5, 0.6) is 0 Å². The number of aliphatic hydroxyl groups is 1. The van der Waals surface area contributed by atoms with Gasteiger partial charge in [0.05, 0.1) is 48.3 Å². The number of hydrogen-bond acceptors (Lipinski definition) is 15. The number of likely N-dealkylation sites (N-methyl/N-ethyl adjacent to an activating group) is 2. The van der Waals surface area contributed by atoms with Crippen LogP contribution in [-0.2, 0) is 64.0 Å². The lowest BCUT2D eigenvalue weighted by Crippen LogP contribution is -2.61. The van der Waals surface area contributed by atoms with E-state index in [4.69, 9.17) is 19.9 Å². The Balaban J connectivity index is 1.39. The maximum absolute atomic E-state index is 14.9. The molecule has 95 heavy (non-hydrogen) atoms. The first-order valence-corrected chi connectivity index (χ1v) is 33.3. The highest BCUT2D eigenvalue weighted by Gasteiger charge is 2.51. The van der Waals surface area contributed by atoms with Crippen LogP contribution in [0, 0.1) is 29.6 Å². The van der Waals surface area contributed by atoms with Crippen LogP contribution in [0.2, 0.25) is 0 Å². The van der Waals surface area contributed by atoms with Gasteiger partial charge in [-0.15, -0.1) is 0 Å². The van der Waals surface area contributed by atoms with Crippen molar-refractivity contribution in [2.24, 2.45) is 35.3 Å². The number of hydrogen-bond donors (Lipinski definition) is 8. The SMILES string of the molecule is CC[C@H](C)[C@@H]([C@@H](CC(=O)N1CCC[C@@]1(C)[C@H](OC)[C@@H](C)C(=O)N[C@H](C)[C@@H](O)c1ccccc1)OC)N(C)C(=O)[C@@H](NC(=O)[C@H](C(C)C)N(C)C(=O)OCc1ccc(NC(=O)[C@H](CCCNC(N)=O)NC(=O)[C@@H](NC(=O)CCCCCN2C(=O)C=CC2=O)C(C)C)cc1)C(C)C. The van der Waals surface area contributed by atoms with Crippen molar-refractivity contribution in [3.8, 4) is 0 Å². The average Bonchev–Trinajstić information content (AvgIpc) is 1.69. The van der Waals surface area contributed by atoms with E-state index >= 15 is 0 Å². The van der Waals surface area contributed by atoms with Gasteiger partial charge in [-0.05, 0) is 99.3 Å². The van der Waals surface area contributed by atoms with Crippen LogP contribution >= 0.6 is 0 Å². The fourth-order valence-corrected chi connectivity index (χ4v) is 12.6. The smallest absolute Gasteiger partial charge is 0.410 e. The predicted molar refractivity (Wildman–Crippen MR) is 358 cm³/mol. The lowest BCUT2D eigenvalue weighted by molar-refractivity contribution is -0.152. The van der Waals surface area contributed by atoms with Gasteiger partial charge >= 0.3 is 12.1 Å². The third-order valence-electron chi connectivity index (χ3n) is 18.3. The number of imide groups is 1. The number of nitrogens with zero attached hydrogens (tertiary/aromatic N) is 4. The first kappa shape index (κ1) is 79.5. The number of anilines is 1. The number of benzene rings is 2. The Morgan fingerprint density at radius 1 is 0.716 bits per heavy atom. The molecule has 0 aromatic heterocycles. The fourth-order valence-electron chi connectivity index (χ4n) is 12.6. The first-order valence-electron chi connectivity index (χ1n) is 33.3. The van der Waals surface area contributed by atoms with Gasteiger partial charge in [0.2, 0.25) is 41.4 Å². The van der Waals surface area contributed by atoms with Gasteiger partial charge in [0.1, 0.15) is 30.8 Å². The van der Waals surface area contributed by atoms with Crippen molar-refractivity contribution in [2.45, 2.75) is 207 Å². The molecular weight excluding hydrogens is 1220 g/mol. The molecule has 2 aliphatic rings. The second-order valence-electron chi connectivity index (χ2n) is 26.4. The molecule has 26 nitrogen and oxygen atoms in total. The molecule has 0 radical (unpaired) electrons. The minimum Gasteiger partial charge on any atom is -0.445 e. The molecular formula is C69H107N11O15. The molecule has 4 rings (SSSR count). The quantitative estimate of drug-likeness (QED) is 0.0305. The maximum atomic E-state index is 14.9. The summed E-state index contributed by atoms with van der Waals surface area (Å²) in [7, 11) is 6.09. The number of likely N-dealkylation sites (tertiary alicyclic amines) is 1. The number of nitrogens with one attached hydrogen (secondary N) is 6. The number of amides is 12. The molecule has 0 unspecified atom stereocenters. The van der Waals surface area contributed by atoms with Gasteiger partial charge in [0, 0.05) is 72.2 Å². The molecule has 2 aromatic rings. The highest BCUT2D eigenvalue weighted by atomic mass is 16.6. The molecule has 26 heteroatoms. The van der Waals surface area contributed by atoms with Gasteiger partial charge < -0.3 is 66.8 Å². The average molecular weight is 1330 g/mol. The Morgan fingerprint density at radius 2 is 1.35 bits per heavy atom. The number of urea groups is 1. The van der Waals surface area contributed by atoms with Crippen LogP contribution in [-0.4, -0.2) is 192 Å². The van der Waals surface area contributed by atoms with E-state index in [9.17, 15) is 57.8 Å². The Labute approximate surface area is 560 Å². The van der Waals surface area contributed by atoms with Crippen molar-refractivity contribution in [1.29, 1.82) is 0 Å². The Kier molecular flexibility index (Phi) is 31.7. The van der Waals surface area contributed by atoms with Crippen molar-refractivity contribution in [3.63, 3.8) is 0 Å². The van der Waals surface area contributed by atoms with E-state index in [1.807, 2.05) is 39.0 Å². The predicted octanol–water partition coefficient (Wildman–Crippen LogP) is 5.47. The highest BCUT2D eigenvalue weighted by molar-refractivity contribution is 6.12. The zero-order valence-corrected chi connectivity index (χ0v) is 58.4. The number of nitrogens with two attached hydrogens (primary N) is 1.